The van der Waals surface area contributed by atoms with Gasteiger partial charge in [-0.2, -0.15) is 0 Å². The number of hydrogen-bond donors (Lipinski definition) is 2. The Hall–Kier alpha value is -0.380. The summed E-state index contributed by atoms with van der Waals surface area (Å²) >= 11 is 7.46. The molecule has 0 aliphatic rings. The fourth-order valence-corrected chi connectivity index (χ4v) is 2.05. The highest BCUT2D eigenvalue weighted by Gasteiger charge is 2.02. The number of halogens is 1. The monoisotopic (exact) mass is 217 g/mol. The van der Waals surface area contributed by atoms with Crippen molar-refractivity contribution in [2.75, 3.05) is 18.1 Å². The van der Waals surface area contributed by atoms with Crippen molar-refractivity contribution in [3.05, 3.63) is 23.2 Å². The Morgan fingerprint density at radius 1 is 1.46 bits per heavy atom. The van der Waals surface area contributed by atoms with Gasteiger partial charge in [0.25, 0.3) is 0 Å². The molecule has 0 atom stereocenters. The molecule has 3 N–H and O–H groups in total. The Morgan fingerprint density at radius 3 is 2.92 bits per heavy atom. The van der Waals surface area contributed by atoms with Crippen LogP contribution in [-0.4, -0.2) is 17.5 Å². The molecule has 2 nitrogen and oxygen atoms in total. The van der Waals surface area contributed by atoms with Crippen LogP contribution in [0.25, 0.3) is 0 Å². The molecule has 0 bridgehead atoms. The molecule has 1 aromatic carbocycles. The number of aliphatic hydroxyl groups excluding tert-OH is 1. The maximum absolute atomic E-state index is 8.60. The summed E-state index contributed by atoms with van der Waals surface area (Å²) in [6.45, 7) is 0.216. The van der Waals surface area contributed by atoms with Gasteiger partial charge in [0.05, 0.1) is 10.7 Å². The predicted molar refractivity (Wildman–Crippen MR) is 58.3 cm³/mol. The average molecular weight is 218 g/mol. The van der Waals surface area contributed by atoms with Gasteiger partial charge in [0.1, 0.15) is 0 Å². The van der Waals surface area contributed by atoms with E-state index in [9.17, 15) is 0 Å². The molecule has 0 aliphatic heterocycles. The Balaban J connectivity index is 2.61. The molecule has 0 saturated heterocycles. The highest BCUT2D eigenvalue weighted by atomic mass is 35.5. The van der Waals surface area contributed by atoms with Gasteiger partial charge in [0.2, 0.25) is 0 Å². The maximum Gasteiger partial charge on any atom is 0.0646 e. The molecule has 0 heterocycles. The van der Waals surface area contributed by atoms with Gasteiger partial charge in [-0.05, 0) is 18.6 Å². The number of benzene rings is 1. The summed E-state index contributed by atoms with van der Waals surface area (Å²) in [4.78, 5) is 0.987. The van der Waals surface area contributed by atoms with E-state index in [4.69, 9.17) is 22.4 Å². The minimum atomic E-state index is 0.216. The van der Waals surface area contributed by atoms with E-state index in [1.54, 1.807) is 17.8 Å². The van der Waals surface area contributed by atoms with E-state index in [1.165, 1.54) is 0 Å². The van der Waals surface area contributed by atoms with Crippen molar-refractivity contribution in [1.82, 2.24) is 0 Å². The van der Waals surface area contributed by atoms with Crippen molar-refractivity contribution in [3.63, 3.8) is 0 Å². The number of para-hydroxylation sites is 1. The quantitative estimate of drug-likeness (QED) is 0.463. The van der Waals surface area contributed by atoms with Crippen molar-refractivity contribution in [1.29, 1.82) is 0 Å². The van der Waals surface area contributed by atoms with Gasteiger partial charge in [-0.1, -0.05) is 17.7 Å². The van der Waals surface area contributed by atoms with Gasteiger partial charge in [-0.15, -0.1) is 11.8 Å². The molecule has 0 saturated carbocycles. The van der Waals surface area contributed by atoms with Crippen LogP contribution in [0.4, 0.5) is 5.69 Å². The van der Waals surface area contributed by atoms with Crippen molar-refractivity contribution >= 4 is 29.1 Å². The second-order valence-corrected chi connectivity index (χ2v) is 4.12. The molecule has 1 rings (SSSR count). The lowest BCUT2D eigenvalue weighted by Gasteiger charge is -2.05. The normalized spacial score (nSPS) is 10.3. The Bertz CT molecular complexity index is 280. The van der Waals surface area contributed by atoms with Crippen LogP contribution < -0.4 is 5.73 Å². The number of rotatable bonds is 4. The van der Waals surface area contributed by atoms with Gasteiger partial charge in [-0.3, -0.25) is 0 Å². The third-order valence-corrected chi connectivity index (χ3v) is 3.06. The van der Waals surface area contributed by atoms with Crippen molar-refractivity contribution in [3.8, 4) is 0 Å². The van der Waals surface area contributed by atoms with E-state index in [2.05, 4.69) is 0 Å². The molecule has 0 radical (unpaired) electrons. The number of aliphatic hydroxyl groups is 1. The van der Waals surface area contributed by atoms with Crippen LogP contribution in [0.3, 0.4) is 0 Å². The first-order valence-electron chi connectivity index (χ1n) is 4.03. The summed E-state index contributed by atoms with van der Waals surface area (Å²) in [5, 5.41) is 9.19. The number of nitrogens with two attached hydrogens (primary N) is 1. The zero-order chi connectivity index (χ0) is 9.68. The van der Waals surface area contributed by atoms with E-state index in [-0.39, 0.29) is 6.61 Å². The summed E-state index contributed by atoms with van der Waals surface area (Å²) in [6.07, 6.45) is 0.774. The molecule has 0 spiro atoms. The lowest BCUT2D eigenvalue weighted by atomic mass is 10.3. The van der Waals surface area contributed by atoms with E-state index >= 15 is 0 Å². The van der Waals surface area contributed by atoms with Crippen LogP contribution in [0.15, 0.2) is 23.1 Å². The standard InChI is InChI=1S/C9H12ClNOS/c10-7-3-1-4-8(9(7)11)13-6-2-5-12/h1,3-4,12H,2,5-6,11H2. The van der Waals surface area contributed by atoms with Gasteiger partial charge in [-0.25, -0.2) is 0 Å². The fourth-order valence-electron chi connectivity index (χ4n) is 0.890. The minimum absolute atomic E-state index is 0.216. The van der Waals surface area contributed by atoms with Crippen molar-refractivity contribution in [2.45, 2.75) is 11.3 Å². The van der Waals surface area contributed by atoms with Crippen LogP contribution in [0.5, 0.6) is 0 Å². The number of nitrogen functional groups attached to an aromatic ring is 1. The topological polar surface area (TPSA) is 46.2 Å². The minimum Gasteiger partial charge on any atom is -0.397 e. The van der Waals surface area contributed by atoms with Crippen LogP contribution in [-0.2, 0) is 0 Å². The zero-order valence-electron chi connectivity index (χ0n) is 7.16. The van der Waals surface area contributed by atoms with Crippen LogP contribution >= 0.6 is 23.4 Å². The third kappa shape index (κ3) is 3.10. The summed E-state index contributed by atoms with van der Waals surface area (Å²) in [7, 11) is 0. The molecule has 1 aromatic rings. The second-order valence-electron chi connectivity index (χ2n) is 2.58. The largest absolute Gasteiger partial charge is 0.397 e. The van der Waals surface area contributed by atoms with Gasteiger partial charge in [0.15, 0.2) is 0 Å². The van der Waals surface area contributed by atoms with Crippen molar-refractivity contribution < 1.29 is 5.11 Å². The molecular weight excluding hydrogens is 206 g/mol. The molecule has 0 aromatic heterocycles. The molecule has 0 unspecified atom stereocenters. The molecule has 4 heteroatoms. The summed E-state index contributed by atoms with van der Waals surface area (Å²) in [6, 6.07) is 5.58. The van der Waals surface area contributed by atoms with Crippen LogP contribution in [0, 0.1) is 0 Å². The van der Waals surface area contributed by atoms with Crippen LogP contribution in [0.1, 0.15) is 6.42 Å². The SMILES string of the molecule is Nc1c(Cl)cccc1SCCCO. The second kappa shape index (κ2) is 5.37. The maximum atomic E-state index is 8.60. The summed E-state index contributed by atoms with van der Waals surface area (Å²) < 4.78 is 0. The fraction of sp³-hybridized carbons (Fsp3) is 0.333. The van der Waals surface area contributed by atoms with Gasteiger partial charge >= 0.3 is 0 Å². The average Bonchev–Trinajstić information content (AvgIpc) is 2.13. The smallest absolute Gasteiger partial charge is 0.0646 e. The Kier molecular flexibility index (Phi) is 4.42. The molecule has 0 fully saturated rings. The van der Waals surface area contributed by atoms with E-state index in [0.717, 1.165) is 17.1 Å². The Morgan fingerprint density at radius 2 is 2.23 bits per heavy atom. The van der Waals surface area contributed by atoms with Crippen LogP contribution in [0.2, 0.25) is 5.02 Å². The molecule has 0 aliphatic carbocycles. The third-order valence-electron chi connectivity index (χ3n) is 1.57. The predicted octanol–water partition coefficient (Wildman–Crippen LogP) is 2.40. The summed E-state index contributed by atoms with van der Waals surface area (Å²) in [5.74, 6) is 0.862. The van der Waals surface area contributed by atoms with E-state index < -0.39 is 0 Å². The number of hydrogen-bond acceptors (Lipinski definition) is 3. The zero-order valence-corrected chi connectivity index (χ0v) is 8.74. The van der Waals surface area contributed by atoms with Crippen molar-refractivity contribution in [2.24, 2.45) is 0 Å². The molecular formula is C9H12ClNOS. The van der Waals surface area contributed by atoms with Gasteiger partial charge < -0.3 is 10.8 Å². The molecule has 0 amide bonds. The Labute approximate surface area is 87.1 Å². The molecule has 13 heavy (non-hydrogen) atoms. The summed E-state index contributed by atoms with van der Waals surface area (Å²) in [5.41, 5.74) is 6.38. The highest BCUT2D eigenvalue weighted by Crippen LogP contribution is 2.30. The lowest BCUT2D eigenvalue weighted by Crippen LogP contribution is -1.91. The van der Waals surface area contributed by atoms with Gasteiger partial charge in [0, 0.05) is 17.3 Å². The van der Waals surface area contributed by atoms with E-state index in [0.29, 0.717) is 10.7 Å². The first-order chi connectivity index (χ1) is 6.25. The molecule has 72 valence electrons. The number of thioether (sulfide) groups is 1. The number of anilines is 1. The first-order valence-corrected chi connectivity index (χ1v) is 5.39. The highest BCUT2D eigenvalue weighted by molar-refractivity contribution is 7.99. The van der Waals surface area contributed by atoms with E-state index in [1.807, 2.05) is 12.1 Å². The lowest BCUT2D eigenvalue weighted by molar-refractivity contribution is 0.296. The first kappa shape index (κ1) is 10.7.